The Morgan fingerprint density at radius 3 is 2.43 bits per heavy atom. The first kappa shape index (κ1) is 47.4. The number of aliphatic imine (C=N–C) groups is 1. The van der Waals surface area contributed by atoms with E-state index in [9.17, 15) is 39.3 Å². The van der Waals surface area contributed by atoms with Gasteiger partial charge in [-0.1, -0.05) is 0 Å². The Kier molecular flexibility index (Phi) is 18.1. The monoisotopic (exact) mass is 848 g/mol. The number of rotatable bonds is 25. The van der Waals surface area contributed by atoms with E-state index in [2.05, 4.69) is 35.9 Å². The summed E-state index contributed by atoms with van der Waals surface area (Å²) in [5.74, 6) is -3.40. The molecule has 334 valence electrons. The lowest BCUT2D eigenvalue weighted by Gasteiger charge is -2.28. The highest BCUT2D eigenvalue weighted by molar-refractivity contribution is 5.94. The number of likely N-dealkylation sites (tertiary alicyclic amines) is 1. The number of guanidine groups is 1. The molecule has 0 spiro atoms. The van der Waals surface area contributed by atoms with E-state index in [1.807, 2.05) is 0 Å². The van der Waals surface area contributed by atoms with Crippen LogP contribution >= 0.6 is 0 Å². The highest BCUT2D eigenvalue weighted by atomic mass is 16.6. The summed E-state index contributed by atoms with van der Waals surface area (Å²) in [6.07, 6.45) is 0.758. The fourth-order valence-electron chi connectivity index (χ4n) is 7.12. The molecule has 2 aliphatic heterocycles. The third-order valence-electron chi connectivity index (χ3n) is 10.5. The molecule has 60 heavy (non-hydrogen) atoms. The number of hydrogen-bond donors (Lipinski definition) is 12. The molecule has 0 unspecified atom stereocenters. The van der Waals surface area contributed by atoms with Crippen LogP contribution in [0.2, 0.25) is 0 Å². The number of imidazole rings is 1. The van der Waals surface area contributed by atoms with E-state index in [1.54, 1.807) is 4.90 Å². The third-order valence-corrected chi connectivity index (χ3v) is 10.5. The van der Waals surface area contributed by atoms with E-state index < -0.39 is 72.4 Å². The summed E-state index contributed by atoms with van der Waals surface area (Å²) in [7, 11) is 0. The van der Waals surface area contributed by atoms with Gasteiger partial charge in [0.25, 0.3) is 0 Å². The van der Waals surface area contributed by atoms with Crippen molar-refractivity contribution in [2.24, 2.45) is 33.7 Å². The first-order valence-electron chi connectivity index (χ1n) is 19.9. The number of carboxylic acids is 1. The van der Waals surface area contributed by atoms with Crippen LogP contribution in [-0.2, 0) is 28.7 Å². The molecule has 18 N–H and O–H groups in total. The van der Waals surface area contributed by atoms with Crippen molar-refractivity contribution in [1.82, 2.24) is 45.3 Å². The summed E-state index contributed by atoms with van der Waals surface area (Å²) >= 11 is 0. The standard InChI is InChI=1S/C35H60N16O9/c36-9-2-1-5-21(31(56)47-20(29(39)55)6-3-10-43-35(40)41)48-32(57)22-7-4-12-50(22)24(52)15-42-11-14-49(13-8-19(37)34(58)59)16-23-26(53)27(54)33(60-23)51-18-46-25-28(38)44-17-45-30(25)51/h17-23,26-27,33,42,53-54H,1-16,36-37H2,(H2,39,55)(H,47,56)(H,48,57)(H,58,59)(H2,38,44,45)(H4,40,41,43)/t19-,20-,21-,22-,23+,26+,27+,33+/m0/s1. The molecule has 0 aromatic carbocycles. The Labute approximate surface area is 346 Å². The Hall–Kier alpha value is -5.31. The Morgan fingerprint density at radius 1 is 0.983 bits per heavy atom. The SMILES string of the molecule is NCCCC[C@H](NC(=O)[C@@H]1CCCN1C(=O)CNCCN(CC[C@H](N)C(=O)O)C[C@H]1O[C@@H](n2cnc3c(N)ncnc32)[C@H](O)[C@@H]1O)C(=O)N[C@@H](CCCN=C(N)N)C(N)=O. The number of nitrogens with one attached hydrogen (secondary N) is 3. The zero-order valence-corrected chi connectivity index (χ0v) is 33.5. The largest absolute Gasteiger partial charge is 0.480 e. The first-order chi connectivity index (χ1) is 28.6. The number of hydrogen-bond acceptors (Lipinski definition) is 17. The molecular weight excluding hydrogens is 788 g/mol. The van der Waals surface area contributed by atoms with Crippen LogP contribution in [0.25, 0.3) is 11.2 Å². The minimum absolute atomic E-state index is 0.0594. The molecule has 25 heteroatoms. The highest BCUT2D eigenvalue weighted by Gasteiger charge is 2.45. The summed E-state index contributed by atoms with van der Waals surface area (Å²) in [6, 6.07) is -4.06. The van der Waals surface area contributed by atoms with E-state index >= 15 is 0 Å². The second kappa shape index (κ2) is 22.9. The van der Waals surface area contributed by atoms with Crippen molar-refractivity contribution in [2.45, 2.75) is 100 Å². The molecule has 8 atom stereocenters. The van der Waals surface area contributed by atoms with Crippen molar-refractivity contribution >= 4 is 52.5 Å². The van der Waals surface area contributed by atoms with Crippen LogP contribution in [0.3, 0.4) is 0 Å². The van der Waals surface area contributed by atoms with E-state index in [1.165, 1.54) is 22.1 Å². The maximum absolute atomic E-state index is 13.6. The van der Waals surface area contributed by atoms with Gasteiger partial charge in [-0.15, -0.1) is 0 Å². The molecule has 2 aromatic rings. The minimum atomic E-state index is -1.37. The van der Waals surface area contributed by atoms with Gasteiger partial charge in [-0.05, 0) is 57.9 Å². The van der Waals surface area contributed by atoms with Crippen LogP contribution in [0.15, 0.2) is 17.6 Å². The molecule has 4 amide bonds. The van der Waals surface area contributed by atoms with Crippen LogP contribution in [0.1, 0.15) is 57.6 Å². The van der Waals surface area contributed by atoms with Crippen molar-refractivity contribution in [3.8, 4) is 0 Å². The number of amides is 4. The summed E-state index contributed by atoms with van der Waals surface area (Å²) in [4.78, 5) is 83.4. The van der Waals surface area contributed by atoms with E-state index in [0.29, 0.717) is 56.4 Å². The maximum Gasteiger partial charge on any atom is 0.320 e. The molecule has 2 aliphatic rings. The number of nitrogens with zero attached hydrogens (tertiary/aromatic N) is 7. The average Bonchev–Trinajstić information content (AvgIpc) is 3.94. The van der Waals surface area contributed by atoms with Crippen molar-refractivity contribution < 1.29 is 44.0 Å². The van der Waals surface area contributed by atoms with Crippen molar-refractivity contribution in [2.75, 3.05) is 58.1 Å². The van der Waals surface area contributed by atoms with Gasteiger partial charge in [-0.25, -0.2) is 15.0 Å². The Balaban J connectivity index is 1.33. The Bertz CT molecular complexity index is 1800. The van der Waals surface area contributed by atoms with E-state index in [0.717, 1.165) is 0 Å². The number of anilines is 1. The van der Waals surface area contributed by atoms with Gasteiger partial charge in [-0.2, -0.15) is 0 Å². The third kappa shape index (κ3) is 13.1. The zero-order chi connectivity index (χ0) is 43.9. The van der Waals surface area contributed by atoms with Gasteiger partial charge in [0.2, 0.25) is 23.6 Å². The minimum Gasteiger partial charge on any atom is -0.480 e. The number of carbonyl (C=O) groups is 5. The molecule has 0 saturated carbocycles. The summed E-state index contributed by atoms with van der Waals surface area (Å²) in [5.41, 5.74) is 34.2. The number of fused-ring (bicyclic) bond motifs is 1. The predicted molar refractivity (Wildman–Crippen MR) is 216 cm³/mol. The molecule has 4 heterocycles. The van der Waals surface area contributed by atoms with E-state index in [4.69, 9.17) is 39.1 Å². The molecule has 0 aliphatic carbocycles. The van der Waals surface area contributed by atoms with E-state index in [-0.39, 0.29) is 76.2 Å². The summed E-state index contributed by atoms with van der Waals surface area (Å²) in [6.45, 7) is 1.50. The number of aliphatic carboxylic acids is 1. The number of nitrogen functional groups attached to an aromatic ring is 1. The number of carbonyl (C=O) groups excluding carboxylic acids is 4. The van der Waals surface area contributed by atoms with Crippen molar-refractivity contribution in [3.05, 3.63) is 12.7 Å². The molecule has 2 fully saturated rings. The fraction of sp³-hybridized carbons (Fsp3) is 0.686. The normalized spacial score (nSPS) is 21.8. The highest BCUT2D eigenvalue weighted by Crippen LogP contribution is 2.32. The average molecular weight is 849 g/mol. The fourth-order valence-corrected chi connectivity index (χ4v) is 7.12. The van der Waals surface area contributed by atoms with Crippen molar-refractivity contribution in [3.63, 3.8) is 0 Å². The van der Waals surface area contributed by atoms with Gasteiger partial charge < -0.3 is 75.3 Å². The zero-order valence-electron chi connectivity index (χ0n) is 33.5. The molecular formula is C35H60N16O9. The summed E-state index contributed by atoms with van der Waals surface area (Å²) in [5, 5.41) is 39.8. The lowest BCUT2D eigenvalue weighted by molar-refractivity contribution is -0.139. The van der Waals surface area contributed by atoms with Crippen LogP contribution in [0.4, 0.5) is 5.82 Å². The van der Waals surface area contributed by atoms with Crippen molar-refractivity contribution in [1.29, 1.82) is 0 Å². The number of aliphatic hydroxyl groups is 2. The lowest BCUT2D eigenvalue weighted by atomic mass is 10.1. The van der Waals surface area contributed by atoms with Crippen LogP contribution in [-0.4, -0.2) is 175 Å². The number of nitrogens with two attached hydrogens (primary N) is 6. The molecule has 2 aromatic heterocycles. The number of aliphatic hydroxyl groups excluding tert-OH is 2. The van der Waals surface area contributed by atoms with Gasteiger partial charge >= 0.3 is 5.97 Å². The molecule has 0 bridgehead atoms. The van der Waals surface area contributed by atoms with Gasteiger partial charge in [0.1, 0.15) is 54.3 Å². The second-order valence-electron chi connectivity index (χ2n) is 14.8. The quantitative estimate of drug-likeness (QED) is 0.0252. The molecule has 0 radical (unpaired) electrons. The smallest absolute Gasteiger partial charge is 0.320 e. The maximum atomic E-state index is 13.6. The summed E-state index contributed by atoms with van der Waals surface area (Å²) < 4.78 is 7.53. The van der Waals surface area contributed by atoms with Crippen LogP contribution in [0, 0.1) is 0 Å². The number of aromatic nitrogens is 4. The topological polar surface area (TPSA) is 410 Å². The van der Waals surface area contributed by atoms with Crippen LogP contribution < -0.4 is 50.4 Å². The van der Waals surface area contributed by atoms with Gasteiger partial charge in [-0.3, -0.25) is 38.4 Å². The second-order valence-corrected chi connectivity index (χ2v) is 14.8. The molecule has 25 nitrogen and oxygen atoms in total. The molecule has 2 saturated heterocycles. The van der Waals surface area contributed by atoms with Crippen LogP contribution in [0.5, 0.6) is 0 Å². The number of carboxylic acid groups (broad SMARTS) is 1. The predicted octanol–water partition coefficient (Wildman–Crippen LogP) is -5.65. The Morgan fingerprint density at radius 2 is 1.73 bits per heavy atom. The number of primary amides is 1. The lowest BCUT2D eigenvalue weighted by Crippen LogP contribution is -2.56. The number of ether oxygens (including phenoxy) is 1. The molecule has 4 rings (SSSR count). The van der Waals surface area contributed by atoms with Gasteiger partial charge in [0.05, 0.1) is 12.9 Å². The van der Waals surface area contributed by atoms with Gasteiger partial charge in [0, 0.05) is 39.3 Å². The van der Waals surface area contributed by atoms with Gasteiger partial charge in [0.15, 0.2) is 23.7 Å². The number of unbranched alkanes of at least 4 members (excludes halogenated alkanes) is 1. The first-order valence-corrected chi connectivity index (χ1v) is 19.9.